The maximum absolute atomic E-state index is 5.57. The van der Waals surface area contributed by atoms with E-state index in [0.717, 1.165) is 31.0 Å². The maximum Gasteiger partial charge on any atom is 0.154 e. The first-order valence-electron chi connectivity index (χ1n) is 7.33. The van der Waals surface area contributed by atoms with Crippen molar-refractivity contribution < 1.29 is 4.52 Å². The van der Waals surface area contributed by atoms with Crippen molar-refractivity contribution in [2.24, 2.45) is 0 Å². The Bertz CT molecular complexity index is 550. The fraction of sp³-hybridized carbons (Fsp3) is 0.500. The van der Waals surface area contributed by atoms with Crippen LogP contribution in [0, 0.1) is 0 Å². The van der Waals surface area contributed by atoms with Crippen LogP contribution < -0.4 is 0 Å². The van der Waals surface area contributed by atoms with Crippen LogP contribution in [0.15, 0.2) is 35.1 Å². The van der Waals surface area contributed by atoms with Gasteiger partial charge in [0.15, 0.2) is 5.76 Å². The Morgan fingerprint density at radius 3 is 3.05 bits per heavy atom. The van der Waals surface area contributed by atoms with Crippen molar-refractivity contribution in [3.63, 3.8) is 0 Å². The van der Waals surface area contributed by atoms with Crippen molar-refractivity contribution in [3.8, 4) is 0 Å². The summed E-state index contributed by atoms with van der Waals surface area (Å²) in [4.78, 5) is 6.65. The van der Waals surface area contributed by atoms with Gasteiger partial charge in [-0.05, 0) is 36.9 Å². The highest BCUT2D eigenvalue weighted by Gasteiger charge is 2.29. The normalized spacial score (nSPS) is 19.9. The molecule has 0 unspecified atom stereocenters. The summed E-state index contributed by atoms with van der Waals surface area (Å²) < 4.78 is 5.57. The minimum absolute atomic E-state index is 0.357. The third-order valence-electron chi connectivity index (χ3n) is 3.94. The highest BCUT2D eigenvalue weighted by molar-refractivity contribution is 5.15. The van der Waals surface area contributed by atoms with Crippen molar-refractivity contribution in [2.45, 2.75) is 45.2 Å². The fourth-order valence-corrected chi connectivity index (χ4v) is 2.80. The van der Waals surface area contributed by atoms with E-state index in [-0.39, 0.29) is 0 Å². The summed E-state index contributed by atoms with van der Waals surface area (Å²) in [5.41, 5.74) is 2.30. The molecule has 1 saturated heterocycles. The van der Waals surface area contributed by atoms with E-state index in [1.165, 1.54) is 12.0 Å². The monoisotopic (exact) mass is 271 g/mol. The van der Waals surface area contributed by atoms with Crippen LogP contribution in [0.3, 0.4) is 0 Å². The lowest BCUT2D eigenvalue weighted by Gasteiger charge is -2.22. The van der Waals surface area contributed by atoms with Crippen LogP contribution in [-0.4, -0.2) is 21.6 Å². The van der Waals surface area contributed by atoms with Crippen LogP contribution in [-0.2, 0) is 6.54 Å². The molecule has 0 amide bonds. The molecule has 0 aromatic carbocycles. The molecule has 3 heterocycles. The topological polar surface area (TPSA) is 42.2 Å². The van der Waals surface area contributed by atoms with E-state index in [1.807, 2.05) is 18.5 Å². The number of pyridine rings is 1. The lowest BCUT2D eigenvalue weighted by atomic mass is 10.1. The van der Waals surface area contributed by atoms with E-state index in [2.05, 4.69) is 41.0 Å². The zero-order valence-electron chi connectivity index (χ0n) is 12.1. The van der Waals surface area contributed by atoms with Crippen molar-refractivity contribution in [1.29, 1.82) is 0 Å². The molecule has 1 atom stereocenters. The van der Waals surface area contributed by atoms with Crippen LogP contribution >= 0.6 is 0 Å². The first-order valence-corrected chi connectivity index (χ1v) is 7.33. The summed E-state index contributed by atoms with van der Waals surface area (Å²) in [6.45, 7) is 6.32. The predicted octanol–water partition coefficient (Wildman–Crippen LogP) is 3.53. The summed E-state index contributed by atoms with van der Waals surface area (Å²) in [6.07, 6.45) is 6.11. The lowest BCUT2D eigenvalue weighted by Crippen LogP contribution is -2.22. The highest BCUT2D eigenvalue weighted by atomic mass is 16.5. The molecule has 0 bridgehead atoms. The quantitative estimate of drug-likeness (QED) is 0.853. The van der Waals surface area contributed by atoms with Gasteiger partial charge in [0.25, 0.3) is 0 Å². The number of likely N-dealkylation sites (tertiary alicyclic amines) is 1. The minimum Gasteiger partial charge on any atom is -0.359 e. The average Bonchev–Trinajstić information content (AvgIpc) is 3.08. The SMILES string of the molecule is CC(C)c1cc([C@@H]2CCCN2Cc2cccnc2)on1. The maximum atomic E-state index is 5.57. The standard InChI is InChI=1S/C16H21N3O/c1-12(2)14-9-16(20-18-14)15-6-4-8-19(15)11-13-5-3-7-17-10-13/h3,5,7,9-10,12,15H,4,6,8,11H2,1-2H3/t15-/m0/s1. The van der Waals surface area contributed by atoms with Crippen LogP contribution in [0.1, 0.15) is 55.7 Å². The predicted molar refractivity (Wildman–Crippen MR) is 77.2 cm³/mol. The van der Waals surface area contributed by atoms with Gasteiger partial charge in [0.1, 0.15) is 0 Å². The van der Waals surface area contributed by atoms with Crippen molar-refractivity contribution >= 4 is 0 Å². The Morgan fingerprint density at radius 2 is 2.35 bits per heavy atom. The molecule has 0 spiro atoms. The van der Waals surface area contributed by atoms with Gasteiger partial charge in [-0.1, -0.05) is 25.1 Å². The van der Waals surface area contributed by atoms with E-state index >= 15 is 0 Å². The molecule has 1 fully saturated rings. The Balaban J connectivity index is 1.74. The van der Waals surface area contributed by atoms with Gasteiger partial charge in [0, 0.05) is 25.0 Å². The highest BCUT2D eigenvalue weighted by Crippen LogP contribution is 2.34. The number of hydrogen-bond acceptors (Lipinski definition) is 4. The van der Waals surface area contributed by atoms with Gasteiger partial charge in [-0.3, -0.25) is 9.88 Å². The zero-order valence-corrected chi connectivity index (χ0v) is 12.1. The molecule has 0 aliphatic carbocycles. The van der Waals surface area contributed by atoms with E-state index in [0.29, 0.717) is 12.0 Å². The van der Waals surface area contributed by atoms with Gasteiger partial charge in [-0.15, -0.1) is 0 Å². The van der Waals surface area contributed by atoms with E-state index in [1.54, 1.807) is 0 Å². The first-order chi connectivity index (χ1) is 9.74. The van der Waals surface area contributed by atoms with Gasteiger partial charge in [-0.25, -0.2) is 0 Å². The summed E-state index contributed by atoms with van der Waals surface area (Å²) in [5, 5.41) is 4.19. The third-order valence-corrected chi connectivity index (χ3v) is 3.94. The second-order valence-corrected chi connectivity index (χ2v) is 5.80. The van der Waals surface area contributed by atoms with Gasteiger partial charge in [0.05, 0.1) is 11.7 Å². The van der Waals surface area contributed by atoms with E-state index < -0.39 is 0 Å². The largest absolute Gasteiger partial charge is 0.359 e. The molecule has 2 aromatic rings. The van der Waals surface area contributed by atoms with Crippen LogP contribution in [0.2, 0.25) is 0 Å². The molecule has 0 saturated carbocycles. The van der Waals surface area contributed by atoms with Crippen LogP contribution in [0.5, 0.6) is 0 Å². The molecule has 4 heteroatoms. The summed E-state index contributed by atoms with van der Waals surface area (Å²) >= 11 is 0. The molecule has 0 radical (unpaired) electrons. The van der Waals surface area contributed by atoms with Crippen LogP contribution in [0.4, 0.5) is 0 Å². The third kappa shape index (κ3) is 2.75. The number of rotatable bonds is 4. The molecule has 1 aliphatic rings. The second kappa shape index (κ2) is 5.75. The molecule has 4 nitrogen and oxygen atoms in total. The first kappa shape index (κ1) is 13.3. The zero-order chi connectivity index (χ0) is 13.9. The molecule has 20 heavy (non-hydrogen) atoms. The fourth-order valence-electron chi connectivity index (χ4n) is 2.80. The Morgan fingerprint density at radius 1 is 1.45 bits per heavy atom. The minimum atomic E-state index is 0.357. The summed E-state index contributed by atoms with van der Waals surface area (Å²) in [7, 11) is 0. The average molecular weight is 271 g/mol. The molecule has 1 aliphatic heterocycles. The smallest absolute Gasteiger partial charge is 0.154 e. The van der Waals surface area contributed by atoms with Crippen LogP contribution in [0.25, 0.3) is 0 Å². The van der Waals surface area contributed by atoms with Gasteiger partial charge in [-0.2, -0.15) is 0 Å². The Kier molecular flexibility index (Phi) is 3.83. The van der Waals surface area contributed by atoms with E-state index in [4.69, 9.17) is 4.52 Å². The molecular weight excluding hydrogens is 250 g/mol. The molecule has 106 valence electrons. The number of nitrogens with zero attached hydrogens (tertiary/aromatic N) is 3. The molecular formula is C16H21N3O. The molecule has 2 aromatic heterocycles. The van der Waals surface area contributed by atoms with E-state index in [9.17, 15) is 0 Å². The van der Waals surface area contributed by atoms with Gasteiger partial charge in [0.2, 0.25) is 0 Å². The lowest BCUT2D eigenvalue weighted by molar-refractivity contribution is 0.206. The van der Waals surface area contributed by atoms with Gasteiger partial charge >= 0.3 is 0 Å². The Labute approximate surface area is 119 Å². The summed E-state index contributed by atoms with van der Waals surface area (Å²) in [6, 6.07) is 6.60. The van der Waals surface area contributed by atoms with Gasteiger partial charge < -0.3 is 4.52 Å². The number of hydrogen-bond donors (Lipinski definition) is 0. The molecule has 3 rings (SSSR count). The van der Waals surface area contributed by atoms with Crippen molar-refractivity contribution in [3.05, 3.63) is 47.6 Å². The molecule has 0 N–H and O–H groups in total. The summed E-state index contributed by atoms with van der Waals surface area (Å²) in [5.74, 6) is 1.43. The van der Waals surface area contributed by atoms with Crippen molar-refractivity contribution in [1.82, 2.24) is 15.0 Å². The van der Waals surface area contributed by atoms with Crippen molar-refractivity contribution in [2.75, 3.05) is 6.54 Å². The second-order valence-electron chi connectivity index (χ2n) is 5.80. The Hall–Kier alpha value is -1.68. The number of aromatic nitrogens is 2.